The van der Waals surface area contributed by atoms with Crippen LogP contribution in [-0.2, 0) is 6.54 Å². The number of nitrogens with zero attached hydrogens (tertiary/aromatic N) is 1. The Morgan fingerprint density at radius 1 is 1.03 bits per heavy atom. The summed E-state index contributed by atoms with van der Waals surface area (Å²) in [6.07, 6.45) is 14.5. The molecule has 0 aliphatic carbocycles. The Hall–Kier alpha value is -2.82. The minimum absolute atomic E-state index is 0.197. The average molecular weight is 411 g/mol. The maximum absolute atomic E-state index is 12.9. The van der Waals surface area contributed by atoms with Gasteiger partial charge in [0.05, 0.1) is 7.11 Å². The maximum atomic E-state index is 12.9. The first-order valence-corrected chi connectivity index (χ1v) is 10.9. The molecule has 2 aromatic rings. The molecule has 0 bridgehead atoms. The van der Waals surface area contributed by atoms with Crippen LogP contribution < -0.4 is 26.6 Å². The van der Waals surface area contributed by atoms with E-state index in [4.69, 9.17) is 4.74 Å². The van der Waals surface area contributed by atoms with Gasteiger partial charge in [-0.1, -0.05) is 69.7 Å². The number of ether oxygens (including phenoxy) is 1. The van der Waals surface area contributed by atoms with E-state index in [1.54, 1.807) is 19.3 Å². The Morgan fingerprint density at radius 2 is 1.70 bits per heavy atom. The Kier molecular flexibility index (Phi) is 9.92. The third-order valence-electron chi connectivity index (χ3n) is 5.13. The van der Waals surface area contributed by atoms with Crippen molar-refractivity contribution < 1.29 is 4.74 Å². The number of hydrogen-bond donors (Lipinski definition) is 1. The molecule has 30 heavy (non-hydrogen) atoms. The second-order valence-electron chi connectivity index (χ2n) is 7.49. The fourth-order valence-corrected chi connectivity index (χ4v) is 3.42. The number of aromatic nitrogens is 2. The van der Waals surface area contributed by atoms with Crippen molar-refractivity contribution in [2.75, 3.05) is 7.11 Å². The van der Waals surface area contributed by atoms with Gasteiger partial charge in [-0.2, -0.15) is 0 Å². The van der Waals surface area contributed by atoms with Gasteiger partial charge in [-0.15, -0.1) is 6.58 Å². The summed E-state index contributed by atoms with van der Waals surface area (Å²) < 4.78 is 6.64. The molecule has 0 aliphatic rings. The molecule has 2 rings (SSSR count). The van der Waals surface area contributed by atoms with Gasteiger partial charge in [0.25, 0.3) is 11.1 Å². The standard InChI is InChI=1S/C25H34N2O3/c1-4-6-7-8-9-10-11-12-13-22-25(29)27(18-5-2)23(24(28)26-22)19-20-14-16-21(30-3)17-15-20/h5,13-17,19H,2,4,6-12,18H2,1,3H3,(H,26,28)/b22-13-,23-19-. The zero-order chi connectivity index (χ0) is 21.8. The van der Waals surface area contributed by atoms with E-state index in [1.165, 1.54) is 36.7 Å². The summed E-state index contributed by atoms with van der Waals surface area (Å²) >= 11 is 0. The van der Waals surface area contributed by atoms with Crippen LogP contribution in [0.5, 0.6) is 5.75 Å². The summed E-state index contributed by atoms with van der Waals surface area (Å²) in [6.45, 7) is 6.23. The molecule has 0 amide bonds. The maximum Gasteiger partial charge on any atom is 0.274 e. The van der Waals surface area contributed by atoms with Gasteiger partial charge < -0.3 is 9.72 Å². The molecule has 1 aromatic heterocycles. The Bertz CT molecular complexity index is 1030. The molecule has 5 heteroatoms. The topological polar surface area (TPSA) is 64.1 Å². The van der Waals surface area contributed by atoms with Crippen molar-refractivity contribution in [3.8, 4) is 5.75 Å². The summed E-state index contributed by atoms with van der Waals surface area (Å²) in [5, 5.41) is 0.679. The Balaban J connectivity index is 2.24. The van der Waals surface area contributed by atoms with Crippen molar-refractivity contribution in [1.82, 2.24) is 9.55 Å². The molecular weight excluding hydrogens is 376 g/mol. The lowest BCUT2D eigenvalue weighted by molar-refractivity contribution is 0.415. The van der Waals surface area contributed by atoms with E-state index in [2.05, 4.69) is 18.5 Å². The first-order valence-electron chi connectivity index (χ1n) is 10.9. The fraction of sp³-hybridized carbons (Fsp3) is 0.440. The van der Waals surface area contributed by atoms with Crippen LogP contribution in [-0.4, -0.2) is 16.7 Å². The van der Waals surface area contributed by atoms with Crippen LogP contribution in [0.2, 0.25) is 0 Å². The largest absolute Gasteiger partial charge is 0.497 e. The van der Waals surface area contributed by atoms with Gasteiger partial charge in [-0.05, 0) is 36.6 Å². The summed E-state index contributed by atoms with van der Waals surface area (Å²) in [7, 11) is 1.60. The number of benzene rings is 1. The van der Waals surface area contributed by atoms with Gasteiger partial charge in [-0.25, -0.2) is 0 Å². The minimum atomic E-state index is -0.280. The number of rotatable bonds is 12. The molecule has 162 valence electrons. The van der Waals surface area contributed by atoms with Gasteiger partial charge in [-0.3, -0.25) is 14.2 Å². The van der Waals surface area contributed by atoms with Crippen LogP contribution in [0.4, 0.5) is 0 Å². The minimum Gasteiger partial charge on any atom is -0.497 e. The molecule has 0 spiro atoms. The van der Waals surface area contributed by atoms with Crippen molar-refractivity contribution in [3.63, 3.8) is 0 Å². The van der Waals surface area contributed by atoms with E-state index in [9.17, 15) is 9.59 Å². The zero-order valence-electron chi connectivity index (χ0n) is 18.3. The Labute approximate surface area is 178 Å². The van der Waals surface area contributed by atoms with Crippen LogP contribution in [0.25, 0.3) is 12.2 Å². The number of H-pyrrole nitrogens is 1. The summed E-state index contributed by atoms with van der Waals surface area (Å²) in [5.41, 5.74) is 0.341. The van der Waals surface area contributed by atoms with Crippen molar-refractivity contribution >= 4 is 12.2 Å². The third kappa shape index (κ3) is 6.90. The van der Waals surface area contributed by atoms with Gasteiger partial charge in [0.2, 0.25) is 0 Å². The SMILES string of the molecule is C=CCn1c(=O)/c(=C/CCCCCCCCC)[nH]c(=O)/c1=C/c1ccc(OC)cc1. The lowest BCUT2D eigenvalue weighted by Gasteiger charge is -2.05. The van der Waals surface area contributed by atoms with E-state index >= 15 is 0 Å². The zero-order valence-corrected chi connectivity index (χ0v) is 18.3. The summed E-state index contributed by atoms with van der Waals surface area (Å²) in [4.78, 5) is 28.4. The van der Waals surface area contributed by atoms with Gasteiger partial charge in [0, 0.05) is 6.54 Å². The van der Waals surface area contributed by atoms with Crippen LogP contribution in [0.3, 0.4) is 0 Å². The van der Waals surface area contributed by atoms with Crippen molar-refractivity contribution in [2.24, 2.45) is 0 Å². The quantitative estimate of drug-likeness (QED) is 0.430. The highest BCUT2D eigenvalue weighted by Gasteiger charge is 2.04. The van der Waals surface area contributed by atoms with E-state index in [1.807, 2.05) is 30.3 Å². The number of hydrogen-bond acceptors (Lipinski definition) is 3. The first-order chi connectivity index (χ1) is 14.6. The van der Waals surface area contributed by atoms with Gasteiger partial charge in [0.1, 0.15) is 16.4 Å². The molecule has 1 aromatic carbocycles. The Morgan fingerprint density at radius 3 is 2.33 bits per heavy atom. The number of methoxy groups -OCH3 is 1. The molecule has 5 nitrogen and oxygen atoms in total. The van der Waals surface area contributed by atoms with Crippen molar-refractivity contribution in [2.45, 2.75) is 64.8 Å². The molecule has 1 N–H and O–H groups in total. The normalized spacial score (nSPS) is 12.3. The number of allylic oxidation sites excluding steroid dienone is 1. The summed E-state index contributed by atoms with van der Waals surface area (Å²) in [5.74, 6) is 0.736. The third-order valence-corrected chi connectivity index (χ3v) is 5.13. The highest BCUT2D eigenvalue weighted by atomic mass is 16.5. The molecule has 0 unspecified atom stereocenters. The van der Waals surface area contributed by atoms with E-state index < -0.39 is 0 Å². The van der Waals surface area contributed by atoms with Crippen LogP contribution in [0.15, 0.2) is 46.5 Å². The highest BCUT2D eigenvalue weighted by molar-refractivity contribution is 5.49. The molecule has 1 heterocycles. The average Bonchev–Trinajstić information content (AvgIpc) is 2.76. The molecule has 0 fully saturated rings. The second kappa shape index (κ2) is 12.7. The lowest BCUT2D eigenvalue weighted by atomic mass is 10.1. The summed E-state index contributed by atoms with van der Waals surface area (Å²) in [6, 6.07) is 7.34. The van der Waals surface area contributed by atoms with E-state index in [0.717, 1.165) is 30.6 Å². The molecule has 0 aliphatic heterocycles. The predicted octanol–water partition coefficient (Wildman–Crippen LogP) is 3.48. The molecule has 0 radical (unpaired) electrons. The van der Waals surface area contributed by atoms with E-state index in [-0.39, 0.29) is 17.7 Å². The molecule has 0 saturated carbocycles. The van der Waals surface area contributed by atoms with Crippen LogP contribution in [0.1, 0.15) is 63.9 Å². The number of aromatic amines is 1. The lowest BCUT2D eigenvalue weighted by Crippen LogP contribution is -2.53. The van der Waals surface area contributed by atoms with Crippen LogP contribution in [0, 0.1) is 0 Å². The van der Waals surface area contributed by atoms with E-state index in [0.29, 0.717) is 10.7 Å². The molecular formula is C25H34N2O3. The van der Waals surface area contributed by atoms with Crippen molar-refractivity contribution in [3.05, 3.63) is 73.9 Å². The molecule has 0 atom stereocenters. The number of unbranched alkanes of at least 4 members (excludes halogenated alkanes) is 7. The van der Waals surface area contributed by atoms with Gasteiger partial charge >= 0.3 is 0 Å². The fourth-order valence-electron chi connectivity index (χ4n) is 3.42. The smallest absolute Gasteiger partial charge is 0.274 e. The first kappa shape index (κ1) is 23.5. The highest BCUT2D eigenvalue weighted by Crippen LogP contribution is 2.11. The predicted molar refractivity (Wildman–Crippen MR) is 124 cm³/mol. The van der Waals surface area contributed by atoms with Crippen molar-refractivity contribution in [1.29, 1.82) is 0 Å². The van der Waals surface area contributed by atoms with Gasteiger partial charge in [0.15, 0.2) is 0 Å². The monoisotopic (exact) mass is 410 g/mol. The number of nitrogens with one attached hydrogen (secondary N) is 1. The van der Waals surface area contributed by atoms with Crippen LogP contribution >= 0.6 is 0 Å². The second-order valence-corrected chi connectivity index (χ2v) is 7.49. The molecule has 0 saturated heterocycles.